The number of alkyl halides is 1. The van der Waals surface area contributed by atoms with E-state index in [1.54, 1.807) is 6.92 Å². The van der Waals surface area contributed by atoms with Gasteiger partial charge in [0.25, 0.3) is 0 Å². The molecule has 0 spiro atoms. The molecule has 0 amide bonds. The summed E-state index contributed by atoms with van der Waals surface area (Å²) in [6.07, 6.45) is -0.417. The quantitative estimate of drug-likeness (QED) is 0.620. The van der Waals surface area contributed by atoms with E-state index in [1.165, 1.54) is 0 Å². The summed E-state index contributed by atoms with van der Waals surface area (Å²) in [6, 6.07) is 0. The van der Waals surface area contributed by atoms with E-state index in [2.05, 4.69) is 15.9 Å². The predicted molar refractivity (Wildman–Crippen MR) is 36.1 cm³/mol. The minimum Gasteiger partial charge on any atom is -0.396 e. The molecule has 0 saturated carbocycles. The molecule has 2 N–H and O–H groups in total. The van der Waals surface area contributed by atoms with Crippen LogP contribution < -0.4 is 0 Å². The smallest absolute Gasteiger partial charge is 0.0684 e. The lowest BCUT2D eigenvalue weighted by atomic mass is 10.1. The zero-order chi connectivity index (χ0) is 6.57. The fourth-order valence-corrected chi connectivity index (χ4v) is 0.912. The van der Waals surface area contributed by atoms with E-state index in [0.717, 1.165) is 0 Å². The monoisotopic (exact) mass is 182 g/mol. The molecule has 0 aromatic rings. The Kier molecular flexibility index (Phi) is 4.51. The van der Waals surface area contributed by atoms with Crippen LogP contribution in [-0.4, -0.2) is 28.3 Å². The Bertz CT molecular complexity index is 50.4. The van der Waals surface area contributed by atoms with Crippen LogP contribution >= 0.6 is 15.9 Å². The first-order valence-electron chi connectivity index (χ1n) is 2.57. The number of halogens is 1. The molecule has 0 aliphatic heterocycles. The Balaban J connectivity index is 3.29. The van der Waals surface area contributed by atoms with Gasteiger partial charge in [-0.15, -0.1) is 0 Å². The van der Waals surface area contributed by atoms with E-state index in [1.807, 2.05) is 0 Å². The normalized spacial score (nSPS) is 18.0. The second kappa shape index (κ2) is 4.30. The molecule has 0 rings (SSSR count). The molecule has 3 heteroatoms. The molecule has 0 radical (unpaired) electrons. The molecule has 0 saturated heterocycles. The van der Waals surface area contributed by atoms with Gasteiger partial charge in [0.15, 0.2) is 0 Å². The summed E-state index contributed by atoms with van der Waals surface area (Å²) in [6.45, 7) is 1.85. The summed E-state index contributed by atoms with van der Waals surface area (Å²) in [5, 5.41) is 17.9. The first-order chi connectivity index (χ1) is 3.72. The van der Waals surface area contributed by atoms with Gasteiger partial charge < -0.3 is 10.2 Å². The summed E-state index contributed by atoms with van der Waals surface area (Å²) >= 11 is 3.10. The third-order valence-electron chi connectivity index (χ3n) is 1.10. The van der Waals surface area contributed by atoms with E-state index < -0.39 is 6.10 Å². The third-order valence-corrected chi connectivity index (χ3v) is 1.77. The minimum atomic E-state index is -0.417. The van der Waals surface area contributed by atoms with Crippen LogP contribution in [-0.2, 0) is 0 Å². The van der Waals surface area contributed by atoms with Crippen molar-refractivity contribution in [2.24, 2.45) is 5.92 Å². The fourth-order valence-electron chi connectivity index (χ4n) is 0.274. The highest BCUT2D eigenvalue weighted by Crippen LogP contribution is 2.03. The van der Waals surface area contributed by atoms with E-state index in [0.29, 0.717) is 5.33 Å². The molecular formula is C5H11BrO2. The van der Waals surface area contributed by atoms with Crippen LogP contribution in [0.25, 0.3) is 0 Å². The van der Waals surface area contributed by atoms with E-state index in [4.69, 9.17) is 10.2 Å². The van der Waals surface area contributed by atoms with Crippen molar-refractivity contribution >= 4 is 15.9 Å². The van der Waals surface area contributed by atoms with Crippen LogP contribution in [0.15, 0.2) is 0 Å². The SMILES string of the molecule is CC(CO)C(O)CBr. The zero-order valence-corrected chi connectivity index (χ0v) is 6.43. The Morgan fingerprint density at radius 3 is 2.25 bits per heavy atom. The van der Waals surface area contributed by atoms with Gasteiger partial charge in [-0.2, -0.15) is 0 Å². The van der Waals surface area contributed by atoms with E-state index >= 15 is 0 Å². The van der Waals surface area contributed by atoms with Crippen molar-refractivity contribution in [1.29, 1.82) is 0 Å². The van der Waals surface area contributed by atoms with Crippen LogP contribution in [0.5, 0.6) is 0 Å². The highest BCUT2D eigenvalue weighted by Gasteiger charge is 2.09. The van der Waals surface area contributed by atoms with Gasteiger partial charge in [0.05, 0.1) is 6.10 Å². The predicted octanol–water partition coefficient (Wildman–Crippen LogP) is 0.371. The summed E-state index contributed by atoms with van der Waals surface area (Å²) in [5.74, 6) is -0.0191. The van der Waals surface area contributed by atoms with Crippen LogP contribution in [0.3, 0.4) is 0 Å². The maximum absolute atomic E-state index is 8.92. The average Bonchev–Trinajstić information content (AvgIpc) is 1.84. The second-order valence-electron chi connectivity index (χ2n) is 1.88. The number of hydrogen-bond donors (Lipinski definition) is 2. The summed E-state index contributed by atoms with van der Waals surface area (Å²) in [7, 11) is 0. The van der Waals surface area contributed by atoms with Gasteiger partial charge in [-0.25, -0.2) is 0 Å². The molecule has 0 bridgehead atoms. The first-order valence-corrected chi connectivity index (χ1v) is 3.69. The molecule has 0 aliphatic rings. The fraction of sp³-hybridized carbons (Fsp3) is 1.00. The summed E-state index contributed by atoms with van der Waals surface area (Å²) in [4.78, 5) is 0. The molecule has 0 heterocycles. The summed E-state index contributed by atoms with van der Waals surface area (Å²) in [5.41, 5.74) is 0. The molecule has 8 heavy (non-hydrogen) atoms. The third kappa shape index (κ3) is 2.64. The van der Waals surface area contributed by atoms with Crippen LogP contribution in [0.4, 0.5) is 0 Å². The van der Waals surface area contributed by atoms with Gasteiger partial charge in [-0.05, 0) is 0 Å². The molecular weight excluding hydrogens is 172 g/mol. The Morgan fingerprint density at radius 1 is 1.62 bits per heavy atom. The lowest BCUT2D eigenvalue weighted by Gasteiger charge is -2.11. The van der Waals surface area contributed by atoms with E-state index in [-0.39, 0.29) is 12.5 Å². The van der Waals surface area contributed by atoms with Gasteiger partial charge in [0.1, 0.15) is 0 Å². The largest absolute Gasteiger partial charge is 0.396 e. The molecule has 0 aromatic carbocycles. The van der Waals surface area contributed by atoms with Crippen LogP contribution in [0.1, 0.15) is 6.92 Å². The van der Waals surface area contributed by atoms with Crippen molar-refractivity contribution in [2.75, 3.05) is 11.9 Å². The number of rotatable bonds is 3. The van der Waals surface area contributed by atoms with Crippen molar-refractivity contribution in [1.82, 2.24) is 0 Å². The molecule has 2 nitrogen and oxygen atoms in total. The van der Waals surface area contributed by atoms with Gasteiger partial charge in [0.2, 0.25) is 0 Å². The highest BCUT2D eigenvalue weighted by atomic mass is 79.9. The van der Waals surface area contributed by atoms with Gasteiger partial charge in [-0.3, -0.25) is 0 Å². The van der Waals surface area contributed by atoms with Crippen molar-refractivity contribution < 1.29 is 10.2 Å². The minimum absolute atomic E-state index is 0.0191. The number of aliphatic hydroxyl groups is 2. The molecule has 50 valence electrons. The van der Waals surface area contributed by atoms with Crippen molar-refractivity contribution in [3.8, 4) is 0 Å². The van der Waals surface area contributed by atoms with Crippen molar-refractivity contribution in [3.63, 3.8) is 0 Å². The molecule has 0 aromatic heterocycles. The van der Waals surface area contributed by atoms with Crippen LogP contribution in [0, 0.1) is 5.92 Å². The maximum atomic E-state index is 8.92. The number of aliphatic hydroxyl groups excluding tert-OH is 2. The Morgan fingerprint density at radius 2 is 2.12 bits per heavy atom. The van der Waals surface area contributed by atoms with Crippen LogP contribution in [0.2, 0.25) is 0 Å². The second-order valence-corrected chi connectivity index (χ2v) is 2.53. The lowest BCUT2D eigenvalue weighted by Crippen LogP contribution is -2.21. The van der Waals surface area contributed by atoms with Gasteiger partial charge >= 0.3 is 0 Å². The molecule has 0 fully saturated rings. The summed E-state index contributed by atoms with van der Waals surface area (Å²) < 4.78 is 0. The Labute approximate surface area is 57.7 Å². The van der Waals surface area contributed by atoms with Gasteiger partial charge in [-0.1, -0.05) is 22.9 Å². The van der Waals surface area contributed by atoms with Gasteiger partial charge in [0, 0.05) is 17.9 Å². The average molecular weight is 183 g/mol. The zero-order valence-electron chi connectivity index (χ0n) is 4.84. The topological polar surface area (TPSA) is 40.5 Å². The maximum Gasteiger partial charge on any atom is 0.0684 e. The Hall–Kier alpha value is 0.400. The standard InChI is InChI=1S/C5H11BrO2/c1-4(3-7)5(8)2-6/h4-5,7-8H,2-3H2,1H3. The van der Waals surface area contributed by atoms with Crippen molar-refractivity contribution in [2.45, 2.75) is 13.0 Å². The van der Waals surface area contributed by atoms with Crippen molar-refractivity contribution in [3.05, 3.63) is 0 Å². The van der Waals surface area contributed by atoms with E-state index in [9.17, 15) is 0 Å². The lowest BCUT2D eigenvalue weighted by molar-refractivity contribution is 0.0956. The number of hydrogen-bond acceptors (Lipinski definition) is 2. The molecule has 2 atom stereocenters. The first kappa shape index (κ1) is 8.40. The molecule has 0 aliphatic carbocycles. The highest BCUT2D eigenvalue weighted by molar-refractivity contribution is 9.09. The molecule has 2 unspecified atom stereocenters.